The average Bonchev–Trinajstić information content (AvgIpc) is 3.42. The van der Waals surface area contributed by atoms with Gasteiger partial charge in [0, 0.05) is 27.9 Å². The number of para-hydroxylation sites is 2. The summed E-state index contributed by atoms with van der Waals surface area (Å²) in [6.07, 6.45) is 1.87. The van der Waals surface area contributed by atoms with Crippen LogP contribution in [-0.4, -0.2) is 4.98 Å². The Bertz CT molecular complexity index is 2320. The van der Waals surface area contributed by atoms with Gasteiger partial charge in [0.15, 0.2) is 0 Å². The van der Waals surface area contributed by atoms with E-state index in [1.807, 2.05) is 24.4 Å². The van der Waals surface area contributed by atoms with E-state index in [0.717, 1.165) is 44.0 Å². The standard InChI is InChI=1S/C39H23NO/c1-2-11-28-27(10-1)31-19-18-24(26-15-7-16-33-32-14-5-6-17-38(32)41-39(26)33)21-34(31)29-12-3-4-13-30(29)35-22-25-9-8-20-40-37(25)23-36(28)35/h1-23H. The molecule has 9 rings (SSSR count). The van der Waals surface area contributed by atoms with Gasteiger partial charge in [0.25, 0.3) is 0 Å². The molecule has 2 nitrogen and oxygen atoms in total. The van der Waals surface area contributed by atoms with Crippen LogP contribution in [0, 0.1) is 0 Å². The van der Waals surface area contributed by atoms with Crippen LogP contribution in [0.25, 0.3) is 88.5 Å². The molecule has 6 aromatic carbocycles. The fourth-order valence-corrected chi connectivity index (χ4v) is 6.62. The summed E-state index contributed by atoms with van der Waals surface area (Å²) in [5.41, 5.74) is 14.9. The highest BCUT2D eigenvalue weighted by molar-refractivity contribution is 6.11. The van der Waals surface area contributed by atoms with Gasteiger partial charge in [0.1, 0.15) is 11.2 Å². The van der Waals surface area contributed by atoms with Crippen LogP contribution >= 0.6 is 0 Å². The van der Waals surface area contributed by atoms with Crippen LogP contribution < -0.4 is 0 Å². The summed E-state index contributed by atoms with van der Waals surface area (Å²) >= 11 is 0. The van der Waals surface area contributed by atoms with Crippen molar-refractivity contribution in [3.05, 3.63) is 140 Å². The first-order valence-corrected chi connectivity index (χ1v) is 14.0. The SMILES string of the molecule is c1ccc2c(c1)-c1ccc(-c3cccc4c3oc3ccccc34)cc1-c1ccccc1-c1cc3cccnc3cc1-2. The van der Waals surface area contributed by atoms with E-state index in [1.54, 1.807) is 0 Å². The highest BCUT2D eigenvalue weighted by Gasteiger charge is 2.23. The van der Waals surface area contributed by atoms with Crippen molar-refractivity contribution in [2.75, 3.05) is 0 Å². The zero-order valence-corrected chi connectivity index (χ0v) is 22.1. The van der Waals surface area contributed by atoms with E-state index < -0.39 is 0 Å². The summed E-state index contributed by atoms with van der Waals surface area (Å²) in [6.45, 7) is 0. The van der Waals surface area contributed by atoms with Crippen LogP contribution in [0.4, 0.5) is 0 Å². The molecule has 2 aromatic heterocycles. The van der Waals surface area contributed by atoms with E-state index >= 15 is 0 Å². The summed E-state index contributed by atoms with van der Waals surface area (Å²) in [5, 5.41) is 3.43. The molecule has 0 bridgehead atoms. The van der Waals surface area contributed by atoms with Gasteiger partial charge in [-0.1, -0.05) is 103 Å². The summed E-state index contributed by atoms with van der Waals surface area (Å²) in [7, 11) is 0. The molecule has 0 spiro atoms. The monoisotopic (exact) mass is 521 g/mol. The van der Waals surface area contributed by atoms with Gasteiger partial charge in [-0.25, -0.2) is 0 Å². The molecule has 0 amide bonds. The second kappa shape index (κ2) is 8.51. The summed E-state index contributed by atoms with van der Waals surface area (Å²) in [5.74, 6) is 0. The van der Waals surface area contributed by atoms with Crippen molar-refractivity contribution < 1.29 is 4.42 Å². The predicted molar refractivity (Wildman–Crippen MR) is 170 cm³/mol. The first-order valence-electron chi connectivity index (χ1n) is 14.0. The second-order valence-corrected chi connectivity index (χ2v) is 10.7. The van der Waals surface area contributed by atoms with Crippen molar-refractivity contribution in [2.24, 2.45) is 0 Å². The van der Waals surface area contributed by atoms with Crippen molar-refractivity contribution in [2.45, 2.75) is 0 Å². The summed E-state index contributed by atoms with van der Waals surface area (Å²) in [6, 6.07) is 47.9. The van der Waals surface area contributed by atoms with Crippen LogP contribution in [0.1, 0.15) is 0 Å². The normalized spacial score (nSPS) is 11.9. The smallest absolute Gasteiger partial charge is 0.143 e. The van der Waals surface area contributed by atoms with Crippen molar-refractivity contribution in [1.29, 1.82) is 0 Å². The van der Waals surface area contributed by atoms with Gasteiger partial charge in [0.2, 0.25) is 0 Å². The number of rotatable bonds is 1. The Labute approximate surface area is 237 Å². The molecule has 0 fully saturated rings. The minimum atomic E-state index is 0.916. The molecule has 0 unspecified atom stereocenters. The van der Waals surface area contributed by atoms with Crippen molar-refractivity contribution in [3.63, 3.8) is 0 Å². The first kappa shape index (κ1) is 22.4. The molecule has 0 saturated heterocycles. The maximum Gasteiger partial charge on any atom is 0.143 e. The number of furan rings is 1. The number of nitrogens with zero attached hydrogens (tertiary/aromatic N) is 1. The number of pyridine rings is 1. The molecular formula is C39H23NO. The Morgan fingerprint density at radius 3 is 1.83 bits per heavy atom. The topological polar surface area (TPSA) is 26.0 Å². The van der Waals surface area contributed by atoms with Crippen LogP contribution in [0.3, 0.4) is 0 Å². The van der Waals surface area contributed by atoms with E-state index in [0.29, 0.717) is 0 Å². The molecule has 0 N–H and O–H groups in total. The number of hydrogen-bond acceptors (Lipinski definition) is 2. The molecule has 0 radical (unpaired) electrons. The molecule has 2 heteroatoms. The van der Waals surface area contributed by atoms with Crippen LogP contribution in [-0.2, 0) is 0 Å². The maximum absolute atomic E-state index is 6.43. The average molecular weight is 522 g/mol. The van der Waals surface area contributed by atoms with E-state index in [9.17, 15) is 0 Å². The number of hydrogen-bond donors (Lipinski definition) is 0. The Hall–Kier alpha value is -5.47. The number of benzene rings is 6. The highest BCUT2D eigenvalue weighted by atomic mass is 16.3. The Kier molecular flexibility index (Phi) is 4.64. The molecule has 0 saturated carbocycles. The lowest BCUT2D eigenvalue weighted by atomic mass is 9.79. The molecule has 8 aromatic rings. The first-order chi connectivity index (χ1) is 20.3. The third-order valence-corrected chi connectivity index (χ3v) is 8.49. The van der Waals surface area contributed by atoms with Crippen LogP contribution in [0.5, 0.6) is 0 Å². The van der Waals surface area contributed by atoms with Gasteiger partial charge in [-0.15, -0.1) is 0 Å². The van der Waals surface area contributed by atoms with E-state index in [-0.39, 0.29) is 0 Å². The number of fused-ring (bicyclic) bond motifs is 12. The van der Waals surface area contributed by atoms with Crippen molar-refractivity contribution in [3.8, 4) is 55.6 Å². The number of aromatic nitrogens is 1. The quantitative estimate of drug-likeness (QED) is 0.215. The zero-order valence-electron chi connectivity index (χ0n) is 22.1. The van der Waals surface area contributed by atoms with E-state index in [1.165, 1.54) is 44.5 Å². The minimum Gasteiger partial charge on any atom is -0.455 e. The molecule has 41 heavy (non-hydrogen) atoms. The van der Waals surface area contributed by atoms with Crippen LogP contribution in [0.2, 0.25) is 0 Å². The zero-order chi connectivity index (χ0) is 26.9. The molecule has 1 aliphatic carbocycles. The molecule has 190 valence electrons. The summed E-state index contributed by atoms with van der Waals surface area (Å²) < 4.78 is 6.43. The third kappa shape index (κ3) is 3.28. The van der Waals surface area contributed by atoms with Crippen molar-refractivity contribution in [1.82, 2.24) is 4.98 Å². The molecule has 0 atom stereocenters. The predicted octanol–water partition coefficient (Wildman–Crippen LogP) is 10.8. The molecule has 2 heterocycles. The van der Waals surface area contributed by atoms with Gasteiger partial charge in [-0.2, -0.15) is 0 Å². The Morgan fingerprint density at radius 1 is 0.415 bits per heavy atom. The highest BCUT2D eigenvalue weighted by Crippen LogP contribution is 2.49. The summed E-state index contributed by atoms with van der Waals surface area (Å²) in [4.78, 5) is 4.69. The van der Waals surface area contributed by atoms with Gasteiger partial charge >= 0.3 is 0 Å². The lowest BCUT2D eigenvalue weighted by molar-refractivity contribution is 0.670. The van der Waals surface area contributed by atoms with Gasteiger partial charge in [0.05, 0.1) is 5.52 Å². The Morgan fingerprint density at radius 2 is 1.02 bits per heavy atom. The Balaban J connectivity index is 1.36. The molecule has 0 aliphatic heterocycles. The second-order valence-electron chi connectivity index (χ2n) is 10.7. The van der Waals surface area contributed by atoms with Crippen LogP contribution in [0.15, 0.2) is 144 Å². The third-order valence-electron chi connectivity index (χ3n) is 8.49. The molecular weight excluding hydrogens is 498 g/mol. The van der Waals surface area contributed by atoms with Crippen molar-refractivity contribution >= 4 is 32.8 Å². The maximum atomic E-state index is 6.43. The minimum absolute atomic E-state index is 0.916. The fourth-order valence-electron chi connectivity index (χ4n) is 6.62. The molecule has 1 aliphatic rings. The van der Waals surface area contributed by atoms with E-state index in [2.05, 4.69) is 115 Å². The largest absolute Gasteiger partial charge is 0.455 e. The lowest BCUT2D eigenvalue weighted by Gasteiger charge is -2.24. The van der Waals surface area contributed by atoms with Gasteiger partial charge < -0.3 is 4.42 Å². The lowest BCUT2D eigenvalue weighted by Crippen LogP contribution is -1.98. The van der Waals surface area contributed by atoms with E-state index in [4.69, 9.17) is 9.40 Å². The van der Waals surface area contributed by atoms with Gasteiger partial charge in [-0.05, 0) is 80.4 Å². The van der Waals surface area contributed by atoms with Gasteiger partial charge in [-0.3, -0.25) is 4.98 Å². The fraction of sp³-hybridized carbons (Fsp3) is 0.